The lowest BCUT2D eigenvalue weighted by molar-refractivity contribution is -0.129. The van der Waals surface area contributed by atoms with Crippen molar-refractivity contribution in [3.05, 3.63) is 0 Å². The molecule has 0 radical (unpaired) electrons. The van der Waals surface area contributed by atoms with E-state index in [0.717, 1.165) is 0 Å². The largest absolute Gasteiger partial charge is 0.395 e. The summed E-state index contributed by atoms with van der Waals surface area (Å²) in [6.07, 6.45) is 2.93. The molecule has 17 heavy (non-hydrogen) atoms. The SMILES string of the molecule is CSC(CO)C(C)NC(=O)C1CCC(=O)NC1. The van der Waals surface area contributed by atoms with E-state index in [9.17, 15) is 9.59 Å². The molecule has 0 bridgehead atoms. The maximum atomic E-state index is 11.9. The van der Waals surface area contributed by atoms with Crippen molar-refractivity contribution in [2.45, 2.75) is 31.1 Å². The predicted octanol–water partition coefficient (Wildman–Crippen LogP) is -0.259. The summed E-state index contributed by atoms with van der Waals surface area (Å²) in [4.78, 5) is 22.9. The summed E-state index contributed by atoms with van der Waals surface area (Å²) in [7, 11) is 0. The first-order valence-electron chi connectivity index (χ1n) is 5.79. The Hall–Kier alpha value is -0.750. The van der Waals surface area contributed by atoms with Gasteiger partial charge in [0.2, 0.25) is 11.8 Å². The van der Waals surface area contributed by atoms with Crippen LogP contribution < -0.4 is 10.6 Å². The number of carbonyl (C=O) groups excluding carboxylic acids is 2. The molecule has 3 N–H and O–H groups in total. The van der Waals surface area contributed by atoms with Crippen molar-refractivity contribution >= 4 is 23.6 Å². The van der Waals surface area contributed by atoms with E-state index < -0.39 is 0 Å². The van der Waals surface area contributed by atoms with E-state index in [1.54, 1.807) is 0 Å². The van der Waals surface area contributed by atoms with Crippen molar-refractivity contribution in [2.24, 2.45) is 5.92 Å². The minimum absolute atomic E-state index is 0.0112. The van der Waals surface area contributed by atoms with Crippen LogP contribution in [0.5, 0.6) is 0 Å². The van der Waals surface area contributed by atoms with E-state index in [4.69, 9.17) is 5.11 Å². The van der Waals surface area contributed by atoms with Gasteiger partial charge in [-0.15, -0.1) is 0 Å². The second-order valence-corrected chi connectivity index (χ2v) is 5.37. The fourth-order valence-corrected chi connectivity index (χ4v) is 2.45. The smallest absolute Gasteiger partial charge is 0.225 e. The molecule has 0 spiro atoms. The zero-order valence-corrected chi connectivity index (χ0v) is 11.0. The quantitative estimate of drug-likeness (QED) is 0.636. The molecular weight excluding hydrogens is 240 g/mol. The fraction of sp³-hybridized carbons (Fsp3) is 0.818. The Labute approximate surface area is 106 Å². The Kier molecular flexibility index (Phi) is 5.77. The van der Waals surface area contributed by atoms with E-state index in [1.807, 2.05) is 13.2 Å². The average Bonchev–Trinajstić information content (AvgIpc) is 2.31. The van der Waals surface area contributed by atoms with E-state index in [1.165, 1.54) is 11.8 Å². The highest BCUT2D eigenvalue weighted by atomic mass is 32.2. The highest BCUT2D eigenvalue weighted by Crippen LogP contribution is 2.14. The molecule has 1 fully saturated rings. The molecule has 1 aliphatic rings. The van der Waals surface area contributed by atoms with Gasteiger partial charge in [0.15, 0.2) is 0 Å². The number of aliphatic hydroxyl groups excluding tert-OH is 1. The summed E-state index contributed by atoms with van der Waals surface area (Å²) in [5, 5.41) is 14.7. The lowest BCUT2D eigenvalue weighted by Gasteiger charge is -2.26. The van der Waals surface area contributed by atoms with Gasteiger partial charge in [-0.25, -0.2) is 0 Å². The number of piperidine rings is 1. The maximum Gasteiger partial charge on any atom is 0.225 e. The van der Waals surface area contributed by atoms with Crippen LogP contribution in [0.15, 0.2) is 0 Å². The summed E-state index contributed by atoms with van der Waals surface area (Å²) in [5.41, 5.74) is 0. The Morgan fingerprint density at radius 1 is 1.71 bits per heavy atom. The molecule has 0 aliphatic carbocycles. The van der Waals surface area contributed by atoms with Gasteiger partial charge in [-0.3, -0.25) is 9.59 Å². The first-order chi connectivity index (χ1) is 8.08. The first kappa shape index (κ1) is 14.3. The number of hydrogen-bond acceptors (Lipinski definition) is 4. The zero-order valence-electron chi connectivity index (χ0n) is 10.2. The molecule has 98 valence electrons. The van der Waals surface area contributed by atoms with Gasteiger partial charge in [0, 0.05) is 24.3 Å². The van der Waals surface area contributed by atoms with Gasteiger partial charge in [-0.1, -0.05) is 0 Å². The average molecular weight is 260 g/mol. The zero-order chi connectivity index (χ0) is 12.8. The molecule has 3 unspecified atom stereocenters. The summed E-state index contributed by atoms with van der Waals surface area (Å²) in [6.45, 7) is 2.35. The molecule has 0 aromatic heterocycles. The monoisotopic (exact) mass is 260 g/mol. The molecule has 1 heterocycles. The molecule has 0 aromatic carbocycles. The molecule has 5 nitrogen and oxygen atoms in total. The van der Waals surface area contributed by atoms with Crippen molar-refractivity contribution in [2.75, 3.05) is 19.4 Å². The van der Waals surface area contributed by atoms with Gasteiger partial charge >= 0.3 is 0 Å². The molecule has 1 rings (SSSR count). The lowest BCUT2D eigenvalue weighted by atomic mass is 9.98. The summed E-state index contributed by atoms with van der Waals surface area (Å²) >= 11 is 1.53. The third-order valence-corrected chi connectivity index (χ3v) is 4.21. The van der Waals surface area contributed by atoms with Crippen LogP contribution in [0, 0.1) is 5.92 Å². The van der Waals surface area contributed by atoms with Crippen molar-refractivity contribution in [1.29, 1.82) is 0 Å². The third-order valence-electron chi connectivity index (χ3n) is 3.05. The van der Waals surface area contributed by atoms with E-state index in [0.29, 0.717) is 19.4 Å². The number of thioether (sulfide) groups is 1. The van der Waals surface area contributed by atoms with Crippen LogP contribution in [-0.4, -0.2) is 47.6 Å². The minimum Gasteiger partial charge on any atom is -0.395 e. The molecular formula is C11H20N2O3S. The normalized spacial score (nSPS) is 23.7. The Morgan fingerprint density at radius 2 is 2.41 bits per heavy atom. The third kappa shape index (κ3) is 4.20. The summed E-state index contributed by atoms with van der Waals surface area (Å²) in [5.74, 6) is -0.166. The molecule has 0 aromatic rings. The van der Waals surface area contributed by atoms with Gasteiger partial charge < -0.3 is 15.7 Å². The van der Waals surface area contributed by atoms with Crippen LogP contribution in [0.4, 0.5) is 0 Å². The maximum absolute atomic E-state index is 11.9. The first-order valence-corrected chi connectivity index (χ1v) is 7.08. The molecule has 0 saturated carbocycles. The van der Waals surface area contributed by atoms with Gasteiger partial charge in [0.25, 0.3) is 0 Å². The van der Waals surface area contributed by atoms with Crippen LogP contribution in [0.3, 0.4) is 0 Å². The number of rotatable bonds is 5. The second-order valence-electron chi connectivity index (χ2n) is 4.29. The van der Waals surface area contributed by atoms with E-state index in [2.05, 4.69) is 10.6 Å². The highest BCUT2D eigenvalue weighted by molar-refractivity contribution is 7.99. The van der Waals surface area contributed by atoms with Gasteiger partial charge in [0.1, 0.15) is 0 Å². The van der Waals surface area contributed by atoms with Crippen LogP contribution in [0.1, 0.15) is 19.8 Å². The van der Waals surface area contributed by atoms with Crippen molar-refractivity contribution in [1.82, 2.24) is 10.6 Å². The van der Waals surface area contributed by atoms with Crippen molar-refractivity contribution in [3.63, 3.8) is 0 Å². The second kappa shape index (κ2) is 6.86. The predicted molar refractivity (Wildman–Crippen MR) is 67.7 cm³/mol. The fourth-order valence-electron chi connectivity index (χ4n) is 1.83. The van der Waals surface area contributed by atoms with Crippen LogP contribution in [0.2, 0.25) is 0 Å². The van der Waals surface area contributed by atoms with E-state index in [-0.39, 0.29) is 35.6 Å². The molecule has 1 saturated heterocycles. The van der Waals surface area contributed by atoms with Crippen molar-refractivity contribution in [3.8, 4) is 0 Å². The molecule has 2 amide bonds. The number of aliphatic hydroxyl groups is 1. The molecule has 3 atom stereocenters. The van der Waals surface area contributed by atoms with Crippen LogP contribution in [0.25, 0.3) is 0 Å². The number of hydrogen-bond donors (Lipinski definition) is 3. The number of nitrogens with one attached hydrogen (secondary N) is 2. The Bertz CT molecular complexity index is 272. The number of carbonyl (C=O) groups is 2. The topological polar surface area (TPSA) is 78.4 Å². The summed E-state index contributed by atoms with van der Waals surface area (Å²) in [6, 6.07) is -0.0693. The number of amides is 2. The minimum atomic E-state index is -0.142. The van der Waals surface area contributed by atoms with Crippen molar-refractivity contribution < 1.29 is 14.7 Å². The molecule has 1 aliphatic heterocycles. The van der Waals surface area contributed by atoms with Gasteiger partial charge in [0.05, 0.1) is 12.5 Å². The van der Waals surface area contributed by atoms with Gasteiger partial charge in [-0.05, 0) is 19.6 Å². The Morgan fingerprint density at radius 3 is 2.88 bits per heavy atom. The molecule has 6 heteroatoms. The lowest BCUT2D eigenvalue weighted by Crippen LogP contribution is -2.48. The highest BCUT2D eigenvalue weighted by Gasteiger charge is 2.26. The van der Waals surface area contributed by atoms with E-state index >= 15 is 0 Å². The summed E-state index contributed by atoms with van der Waals surface area (Å²) < 4.78 is 0. The Balaban J connectivity index is 2.40. The van der Waals surface area contributed by atoms with Crippen LogP contribution >= 0.6 is 11.8 Å². The van der Waals surface area contributed by atoms with Gasteiger partial charge in [-0.2, -0.15) is 11.8 Å². The standard InChI is InChI=1S/C11H20N2O3S/c1-7(9(6-14)17-2)13-11(16)8-3-4-10(15)12-5-8/h7-9,14H,3-6H2,1-2H3,(H,12,15)(H,13,16). The van der Waals surface area contributed by atoms with Crippen LogP contribution in [-0.2, 0) is 9.59 Å².